The van der Waals surface area contributed by atoms with Crippen LogP contribution in [-0.2, 0) is 6.42 Å². The van der Waals surface area contributed by atoms with Gasteiger partial charge in [-0.15, -0.1) is 0 Å². The minimum atomic E-state index is 0.437. The lowest BCUT2D eigenvalue weighted by Crippen LogP contribution is -2.06. The van der Waals surface area contributed by atoms with Crippen molar-refractivity contribution < 1.29 is 9.47 Å². The van der Waals surface area contributed by atoms with Crippen molar-refractivity contribution in [3.05, 3.63) is 72.3 Å². The Morgan fingerprint density at radius 2 is 1.90 bits per heavy atom. The second-order valence-electron chi connectivity index (χ2n) is 7.22. The van der Waals surface area contributed by atoms with E-state index in [1.807, 2.05) is 24.3 Å². The lowest BCUT2D eigenvalue weighted by Gasteiger charge is -2.15. The molecule has 0 unspecified atom stereocenters. The molecule has 0 radical (unpaired) electrons. The third-order valence-corrected chi connectivity index (χ3v) is 5.29. The Bertz CT molecular complexity index is 1380. The van der Waals surface area contributed by atoms with Crippen LogP contribution in [0.25, 0.3) is 33.3 Å². The van der Waals surface area contributed by atoms with Crippen molar-refractivity contribution in [2.45, 2.75) is 13.3 Å². The summed E-state index contributed by atoms with van der Waals surface area (Å²) in [6.07, 6.45) is 3.70. The SMILES string of the molecule is COc1ccccc1-c1nc2c(C)cccc2cc1CCOc1ncnc2nc[nH]c12. The molecule has 0 aliphatic carbocycles. The zero-order valence-electron chi connectivity index (χ0n) is 17.3. The number of nitrogens with zero attached hydrogens (tertiary/aromatic N) is 4. The predicted molar refractivity (Wildman–Crippen MR) is 119 cm³/mol. The highest BCUT2D eigenvalue weighted by Gasteiger charge is 2.15. The Kier molecular flexibility index (Phi) is 4.92. The van der Waals surface area contributed by atoms with Crippen molar-refractivity contribution in [1.82, 2.24) is 24.9 Å². The molecule has 0 saturated carbocycles. The van der Waals surface area contributed by atoms with Gasteiger partial charge in [0.1, 0.15) is 17.6 Å². The Labute approximate surface area is 179 Å². The maximum atomic E-state index is 5.98. The second-order valence-corrected chi connectivity index (χ2v) is 7.22. The second kappa shape index (κ2) is 8.02. The molecule has 2 aromatic carbocycles. The van der Waals surface area contributed by atoms with E-state index in [0.29, 0.717) is 30.1 Å². The predicted octanol–water partition coefficient (Wildman–Crippen LogP) is 4.51. The van der Waals surface area contributed by atoms with Crippen molar-refractivity contribution >= 4 is 22.1 Å². The third-order valence-electron chi connectivity index (χ3n) is 5.29. The van der Waals surface area contributed by atoms with Crippen LogP contribution in [0.5, 0.6) is 11.6 Å². The minimum Gasteiger partial charge on any atom is -0.496 e. The number of ether oxygens (including phenoxy) is 2. The van der Waals surface area contributed by atoms with E-state index in [2.05, 4.69) is 51.1 Å². The van der Waals surface area contributed by atoms with Crippen LogP contribution in [0.2, 0.25) is 0 Å². The Morgan fingerprint density at radius 3 is 2.81 bits per heavy atom. The number of aryl methyl sites for hydroxylation is 1. The van der Waals surface area contributed by atoms with E-state index >= 15 is 0 Å². The molecule has 1 N–H and O–H groups in total. The zero-order valence-corrected chi connectivity index (χ0v) is 17.3. The maximum absolute atomic E-state index is 5.98. The van der Waals surface area contributed by atoms with Gasteiger partial charge in [0.05, 0.1) is 31.3 Å². The Morgan fingerprint density at radius 1 is 1.00 bits per heavy atom. The summed E-state index contributed by atoms with van der Waals surface area (Å²) in [6.45, 7) is 2.52. The highest BCUT2D eigenvalue weighted by Crippen LogP contribution is 2.33. The summed E-state index contributed by atoms with van der Waals surface area (Å²) in [5, 5.41) is 1.10. The smallest absolute Gasteiger partial charge is 0.243 e. The molecule has 0 spiro atoms. The number of pyridine rings is 1. The molecule has 0 aliphatic rings. The quantitative estimate of drug-likeness (QED) is 0.443. The molecule has 7 heteroatoms. The van der Waals surface area contributed by atoms with Crippen LogP contribution in [0.1, 0.15) is 11.1 Å². The number of hydrogen-bond acceptors (Lipinski definition) is 6. The van der Waals surface area contributed by atoms with Crippen LogP contribution in [0.15, 0.2) is 61.2 Å². The summed E-state index contributed by atoms with van der Waals surface area (Å²) in [5.74, 6) is 1.28. The number of benzene rings is 2. The average Bonchev–Trinajstić information content (AvgIpc) is 3.29. The molecule has 5 rings (SSSR count). The molecule has 0 bridgehead atoms. The van der Waals surface area contributed by atoms with E-state index < -0.39 is 0 Å². The molecule has 3 aromatic heterocycles. The molecule has 154 valence electrons. The summed E-state index contributed by atoms with van der Waals surface area (Å²) in [4.78, 5) is 20.6. The fraction of sp³-hybridized carbons (Fsp3) is 0.167. The van der Waals surface area contributed by atoms with Gasteiger partial charge in [-0.05, 0) is 36.2 Å². The lowest BCUT2D eigenvalue weighted by molar-refractivity contribution is 0.312. The number of hydrogen-bond donors (Lipinski definition) is 1. The summed E-state index contributed by atoms with van der Waals surface area (Å²) in [5.41, 5.74) is 6.35. The van der Waals surface area contributed by atoms with Gasteiger partial charge in [-0.3, -0.25) is 0 Å². The largest absolute Gasteiger partial charge is 0.496 e. The Hall–Kier alpha value is -4.00. The minimum absolute atomic E-state index is 0.437. The first kappa shape index (κ1) is 19.0. The number of para-hydroxylation sites is 2. The first-order valence-corrected chi connectivity index (χ1v) is 10.0. The fourth-order valence-electron chi connectivity index (χ4n) is 3.76. The molecular weight excluding hydrogens is 390 g/mol. The fourth-order valence-corrected chi connectivity index (χ4v) is 3.76. The van der Waals surface area contributed by atoms with Crippen molar-refractivity contribution in [3.63, 3.8) is 0 Å². The van der Waals surface area contributed by atoms with Gasteiger partial charge in [0.15, 0.2) is 5.65 Å². The number of fused-ring (bicyclic) bond motifs is 2. The van der Waals surface area contributed by atoms with Crippen molar-refractivity contribution in [2.75, 3.05) is 13.7 Å². The molecule has 0 aliphatic heterocycles. The van der Waals surface area contributed by atoms with Crippen molar-refractivity contribution in [1.29, 1.82) is 0 Å². The van der Waals surface area contributed by atoms with Crippen LogP contribution in [0, 0.1) is 6.92 Å². The highest BCUT2D eigenvalue weighted by atomic mass is 16.5. The number of aromatic amines is 1. The number of rotatable bonds is 6. The van der Waals surface area contributed by atoms with Crippen LogP contribution >= 0.6 is 0 Å². The van der Waals surface area contributed by atoms with Crippen molar-refractivity contribution in [3.8, 4) is 22.9 Å². The Balaban J connectivity index is 1.53. The highest BCUT2D eigenvalue weighted by molar-refractivity contribution is 5.86. The van der Waals surface area contributed by atoms with Gasteiger partial charge in [-0.1, -0.05) is 30.3 Å². The molecule has 7 nitrogen and oxygen atoms in total. The van der Waals surface area contributed by atoms with Crippen LogP contribution in [0.3, 0.4) is 0 Å². The standard InChI is InChI=1S/C24H21N5O2/c1-15-6-5-7-16-12-17(10-11-31-24-22-23(26-13-25-22)27-14-28-24)21(29-20(15)16)18-8-3-4-9-19(18)30-2/h3-9,12-14H,10-11H2,1-2H3,(H,25,26,27,28). The van der Waals surface area contributed by atoms with Gasteiger partial charge < -0.3 is 14.5 Å². The first-order chi connectivity index (χ1) is 15.2. The van der Waals surface area contributed by atoms with Gasteiger partial charge in [-0.25, -0.2) is 15.0 Å². The number of methoxy groups -OCH3 is 1. The molecule has 0 atom stereocenters. The van der Waals surface area contributed by atoms with Gasteiger partial charge in [-0.2, -0.15) is 4.98 Å². The summed E-state index contributed by atoms with van der Waals surface area (Å²) in [7, 11) is 1.68. The molecular formula is C24H21N5O2. The maximum Gasteiger partial charge on any atom is 0.243 e. The number of H-pyrrole nitrogens is 1. The molecule has 0 amide bonds. The molecule has 31 heavy (non-hydrogen) atoms. The van der Waals surface area contributed by atoms with Crippen LogP contribution in [-0.4, -0.2) is 38.6 Å². The third kappa shape index (κ3) is 3.54. The van der Waals surface area contributed by atoms with Gasteiger partial charge in [0.2, 0.25) is 5.88 Å². The summed E-state index contributed by atoms with van der Waals surface area (Å²) >= 11 is 0. The van der Waals surface area contributed by atoms with E-state index in [9.17, 15) is 0 Å². The monoisotopic (exact) mass is 411 g/mol. The van der Waals surface area contributed by atoms with Crippen LogP contribution < -0.4 is 9.47 Å². The van der Waals surface area contributed by atoms with Crippen molar-refractivity contribution in [2.24, 2.45) is 0 Å². The lowest BCUT2D eigenvalue weighted by atomic mass is 9.99. The summed E-state index contributed by atoms with van der Waals surface area (Å²) in [6, 6.07) is 16.4. The molecule has 0 saturated heterocycles. The summed E-state index contributed by atoms with van der Waals surface area (Å²) < 4.78 is 11.6. The zero-order chi connectivity index (χ0) is 21.2. The van der Waals surface area contributed by atoms with Gasteiger partial charge in [0, 0.05) is 17.4 Å². The van der Waals surface area contributed by atoms with E-state index in [4.69, 9.17) is 14.5 Å². The number of imidazole rings is 1. The molecule has 3 heterocycles. The normalized spacial score (nSPS) is 11.2. The average molecular weight is 411 g/mol. The number of aromatic nitrogens is 5. The van der Waals surface area contributed by atoms with E-state index in [-0.39, 0.29) is 0 Å². The van der Waals surface area contributed by atoms with E-state index in [0.717, 1.165) is 39.0 Å². The van der Waals surface area contributed by atoms with Crippen LogP contribution in [0.4, 0.5) is 0 Å². The van der Waals surface area contributed by atoms with E-state index in [1.165, 1.54) is 6.33 Å². The molecule has 5 aromatic rings. The first-order valence-electron chi connectivity index (χ1n) is 10.0. The van der Waals surface area contributed by atoms with E-state index in [1.54, 1.807) is 13.4 Å². The topological polar surface area (TPSA) is 85.8 Å². The number of nitrogens with one attached hydrogen (secondary N) is 1. The van der Waals surface area contributed by atoms with Gasteiger partial charge >= 0.3 is 0 Å². The van der Waals surface area contributed by atoms with Gasteiger partial charge in [0.25, 0.3) is 0 Å². The molecule has 0 fully saturated rings.